The number of nitrogens with zero attached hydrogens (tertiary/aromatic N) is 3. The second-order valence-corrected chi connectivity index (χ2v) is 10.7. The number of aromatic nitrogens is 1. The predicted molar refractivity (Wildman–Crippen MR) is 192 cm³/mol. The molecule has 1 heterocycles. The van der Waals surface area contributed by atoms with E-state index >= 15 is 0 Å². The Morgan fingerprint density at radius 1 is 0.683 bits per heavy atom. The summed E-state index contributed by atoms with van der Waals surface area (Å²) in [5.74, 6) is 0. The van der Waals surface area contributed by atoms with E-state index in [2.05, 4.69) is 66.6 Å². The Hall–Kier alpha value is -1.83. The summed E-state index contributed by atoms with van der Waals surface area (Å²) < 4.78 is 0. The first-order valence-corrected chi connectivity index (χ1v) is 15.9. The van der Waals surface area contributed by atoms with Crippen LogP contribution in [0.15, 0.2) is 71.2 Å². The smallest absolute Gasteiger partial charge is 0.358 e. The molecular formula is C36H65CoN3Si. The summed E-state index contributed by atoms with van der Waals surface area (Å²) in [6.07, 6.45) is 18.6. The van der Waals surface area contributed by atoms with Gasteiger partial charge in [0.05, 0.1) is 22.8 Å². The minimum Gasteiger partial charge on any atom is -0.358 e. The van der Waals surface area contributed by atoms with Crippen molar-refractivity contribution < 1.29 is 16.8 Å². The molecule has 0 N–H and O–H groups in total. The van der Waals surface area contributed by atoms with Crippen molar-refractivity contribution in [3.63, 3.8) is 0 Å². The number of hydrogen-bond acceptors (Lipinski definition) is 3. The first-order chi connectivity index (χ1) is 18.4. The molecule has 2 aromatic rings. The van der Waals surface area contributed by atoms with Gasteiger partial charge in [-0.25, -0.2) is 4.98 Å². The average molecular weight is 627 g/mol. The van der Waals surface area contributed by atoms with Gasteiger partial charge < -0.3 is 14.9 Å². The van der Waals surface area contributed by atoms with Gasteiger partial charge in [0.15, 0.2) is 0 Å². The molecule has 2 rings (SSSR count). The Kier molecular flexibility index (Phi) is 45.5. The molecule has 1 aromatic heterocycles. The minimum atomic E-state index is 0. The molecule has 0 bridgehead atoms. The van der Waals surface area contributed by atoms with Crippen LogP contribution in [0.5, 0.6) is 0 Å². The fraction of sp³-hybridized carbons (Fsp3) is 0.528. The van der Waals surface area contributed by atoms with Crippen molar-refractivity contribution >= 4 is 26.9 Å². The summed E-state index contributed by atoms with van der Waals surface area (Å²) in [4.78, 5) is 12.7. The number of allylic oxidation sites excluding steroid dienone is 1. The van der Waals surface area contributed by atoms with Gasteiger partial charge in [0.2, 0.25) is 0 Å². The zero-order chi connectivity index (χ0) is 28.9. The van der Waals surface area contributed by atoms with Gasteiger partial charge >= 0.3 is 16.8 Å². The van der Waals surface area contributed by atoms with Crippen molar-refractivity contribution in [3.8, 4) is 0 Å². The van der Waals surface area contributed by atoms with Gasteiger partial charge in [-0.1, -0.05) is 133 Å². The van der Waals surface area contributed by atoms with Crippen LogP contribution in [-0.4, -0.2) is 40.7 Å². The second-order valence-electron chi connectivity index (χ2n) is 9.59. The molecule has 0 amide bonds. The number of pyridine rings is 1. The molecule has 0 saturated carbocycles. The summed E-state index contributed by atoms with van der Waals surface area (Å²) >= 11 is 0. The van der Waals surface area contributed by atoms with Crippen LogP contribution in [0.4, 0.5) is 0 Å². The molecule has 3 nitrogen and oxygen atoms in total. The number of rotatable bonds is 13. The normalized spacial score (nSPS) is 10.0. The molecule has 237 valence electrons. The molecule has 0 unspecified atom stereocenters. The third-order valence-corrected chi connectivity index (χ3v) is 6.74. The van der Waals surface area contributed by atoms with E-state index in [0.717, 1.165) is 22.8 Å². The third kappa shape index (κ3) is 32.6. The standard InChI is InChI=1S/C11H15N3.C9H20.C8H16.C6H8Si.2CH3.Co/c1-8(12-3)10-6-5-7-11(14-10)9(2)13-4;1-3-5-7-9-8-6-4-2;1-3-5-7-8-6-4-2;7-6-4-2-1-3-5-6;;;/h5-7H,1-4H3;3-9H2,1-2H3;3H,1,4-8H2,2H3;1-5H,7H3;2*1H3;/q;;;;2*-1;+2. The fourth-order valence-electron chi connectivity index (χ4n) is 3.35. The molecule has 0 fully saturated rings. The fourth-order valence-corrected chi connectivity index (χ4v) is 3.73. The van der Waals surface area contributed by atoms with Gasteiger partial charge in [0.25, 0.3) is 0 Å². The van der Waals surface area contributed by atoms with E-state index in [0.29, 0.717) is 0 Å². The van der Waals surface area contributed by atoms with Crippen LogP contribution in [0.2, 0.25) is 0 Å². The first-order valence-electron chi connectivity index (χ1n) is 14.9. The van der Waals surface area contributed by atoms with Crippen LogP contribution in [0.3, 0.4) is 0 Å². The van der Waals surface area contributed by atoms with Gasteiger partial charge in [0.1, 0.15) is 0 Å². The topological polar surface area (TPSA) is 37.6 Å². The van der Waals surface area contributed by atoms with Crippen molar-refractivity contribution in [2.75, 3.05) is 14.1 Å². The Morgan fingerprint density at radius 2 is 1.07 bits per heavy atom. The Morgan fingerprint density at radius 3 is 1.39 bits per heavy atom. The summed E-state index contributed by atoms with van der Waals surface area (Å²) in [5.41, 5.74) is 3.70. The Bertz CT molecular complexity index is 812. The molecule has 0 saturated heterocycles. The maximum atomic E-state index is 4.45. The summed E-state index contributed by atoms with van der Waals surface area (Å²) in [6, 6.07) is 16.4. The Balaban J connectivity index is -0.000000142. The van der Waals surface area contributed by atoms with Crippen LogP contribution < -0.4 is 5.19 Å². The number of benzene rings is 1. The second kappa shape index (κ2) is 38.2. The van der Waals surface area contributed by atoms with Gasteiger partial charge in [-0.15, -0.1) is 6.58 Å². The molecule has 0 aliphatic heterocycles. The number of unbranched alkanes of at least 4 members (excludes halogenated alkanes) is 10. The quantitative estimate of drug-likeness (QED) is 0.0718. The molecule has 0 aliphatic carbocycles. The molecule has 1 aromatic carbocycles. The predicted octanol–water partition coefficient (Wildman–Crippen LogP) is 9.43. The average Bonchev–Trinajstić information content (AvgIpc) is 2.96. The maximum Gasteiger partial charge on any atom is 2.00 e. The summed E-state index contributed by atoms with van der Waals surface area (Å²) in [6.45, 7) is 14.3. The number of hydrogen-bond donors (Lipinski definition) is 0. The Labute approximate surface area is 270 Å². The molecule has 0 aliphatic rings. The van der Waals surface area contributed by atoms with E-state index in [1.165, 1.54) is 92.5 Å². The van der Waals surface area contributed by atoms with Crippen molar-refractivity contribution in [1.29, 1.82) is 0 Å². The van der Waals surface area contributed by atoms with Crippen molar-refractivity contribution in [1.82, 2.24) is 4.98 Å². The van der Waals surface area contributed by atoms with Crippen molar-refractivity contribution in [2.45, 2.75) is 112 Å². The molecule has 41 heavy (non-hydrogen) atoms. The van der Waals surface area contributed by atoms with E-state index in [1.54, 1.807) is 14.1 Å². The van der Waals surface area contributed by atoms with Gasteiger partial charge in [-0.2, -0.15) is 0 Å². The largest absolute Gasteiger partial charge is 2.00 e. The van der Waals surface area contributed by atoms with E-state index in [1.807, 2.05) is 44.2 Å². The van der Waals surface area contributed by atoms with Crippen molar-refractivity contribution in [2.24, 2.45) is 9.98 Å². The monoisotopic (exact) mass is 626 g/mol. The zero-order valence-electron chi connectivity index (χ0n) is 28.6. The van der Waals surface area contributed by atoms with Gasteiger partial charge in [-0.05, 0) is 38.8 Å². The van der Waals surface area contributed by atoms with Gasteiger partial charge in [0, 0.05) is 24.3 Å². The van der Waals surface area contributed by atoms with Crippen molar-refractivity contribution in [3.05, 3.63) is 87.4 Å². The first kappa shape index (κ1) is 48.9. The molecule has 0 spiro atoms. The zero-order valence-corrected chi connectivity index (χ0v) is 31.6. The SMILES string of the molecule is C=CCCCCCC.CCCCCCCCC.CN=C(C)c1cccc(C(C)=NC)n1.[CH3-].[CH3-].[Co+2].[SiH3]c1ccccc1. The third-order valence-electron chi connectivity index (χ3n) is 6.07. The molecule has 5 heteroatoms. The molecule has 0 atom stereocenters. The van der Waals surface area contributed by atoms with E-state index in [-0.39, 0.29) is 31.6 Å². The van der Waals surface area contributed by atoms with Crippen LogP contribution >= 0.6 is 0 Å². The summed E-state index contributed by atoms with van der Waals surface area (Å²) in [7, 11) is 4.71. The number of aliphatic imine (C=N–C) groups is 2. The van der Waals surface area contributed by atoms with Crippen LogP contribution in [-0.2, 0) is 16.8 Å². The van der Waals surface area contributed by atoms with E-state index in [4.69, 9.17) is 0 Å². The molecule has 1 radical (unpaired) electrons. The molecular weight excluding hydrogens is 561 g/mol. The van der Waals surface area contributed by atoms with E-state index in [9.17, 15) is 0 Å². The van der Waals surface area contributed by atoms with Crippen LogP contribution in [0, 0.1) is 14.9 Å². The van der Waals surface area contributed by atoms with Crippen LogP contribution in [0.1, 0.15) is 123 Å². The van der Waals surface area contributed by atoms with Gasteiger partial charge in [-0.3, -0.25) is 9.98 Å². The summed E-state index contributed by atoms with van der Waals surface area (Å²) in [5, 5.41) is 1.46. The van der Waals surface area contributed by atoms with E-state index < -0.39 is 0 Å². The van der Waals surface area contributed by atoms with Crippen LogP contribution in [0.25, 0.3) is 0 Å². The minimum absolute atomic E-state index is 0. The maximum absolute atomic E-state index is 4.45.